The quantitative estimate of drug-likeness (QED) is 0.762. The summed E-state index contributed by atoms with van der Waals surface area (Å²) in [5.74, 6) is 0.563. The maximum atomic E-state index is 4.28. The van der Waals surface area contributed by atoms with Crippen LogP contribution in [0.4, 0.5) is 0 Å². The Balaban J connectivity index is 2.14. The van der Waals surface area contributed by atoms with E-state index in [0.29, 0.717) is 5.92 Å². The Morgan fingerprint density at radius 2 is 2.38 bits per heavy atom. The van der Waals surface area contributed by atoms with Crippen LogP contribution in [-0.2, 0) is 0 Å². The predicted octanol–water partition coefficient (Wildman–Crippen LogP) is 1.71. The van der Waals surface area contributed by atoms with Crippen molar-refractivity contribution in [2.24, 2.45) is 0 Å². The molecular formula is C9H12BrN3. The summed E-state index contributed by atoms with van der Waals surface area (Å²) in [5, 5.41) is 3.38. The number of hydrogen-bond acceptors (Lipinski definition) is 3. The molecule has 13 heavy (non-hydrogen) atoms. The summed E-state index contributed by atoms with van der Waals surface area (Å²) in [6.45, 7) is 2.19. The molecule has 0 amide bonds. The minimum absolute atomic E-state index is 0.563. The van der Waals surface area contributed by atoms with Gasteiger partial charge in [-0.05, 0) is 41.4 Å². The summed E-state index contributed by atoms with van der Waals surface area (Å²) in [5.41, 5.74) is 1.15. The first-order valence-corrected chi connectivity index (χ1v) is 5.34. The molecule has 1 aromatic rings. The van der Waals surface area contributed by atoms with Crippen LogP contribution < -0.4 is 5.32 Å². The van der Waals surface area contributed by atoms with Crippen molar-refractivity contribution in [3.8, 4) is 0 Å². The third-order valence-corrected chi connectivity index (χ3v) is 2.80. The lowest BCUT2D eigenvalue weighted by Gasteiger charge is -2.21. The molecule has 1 saturated heterocycles. The fourth-order valence-electron chi connectivity index (χ4n) is 1.67. The first-order valence-electron chi connectivity index (χ1n) is 4.54. The Labute approximate surface area is 86.1 Å². The minimum Gasteiger partial charge on any atom is -0.316 e. The molecule has 3 nitrogen and oxygen atoms in total. The highest BCUT2D eigenvalue weighted by Gasteiger charge is 2.16. The maximum absolute atomic E-state index is 4.28. The van der Waals surface area contributed by atoms with E-state index in [2.05, 4.69) is 31.2 Å². The van der Waals surface area contributed by atoms with Crippen molar-refractivity contribution in [2.75, 3.05) is 13.1 Å². The van der Waals surface area contributed by atoms with E-state index in [9.17, 15) is 0 Å². The molecule has 70 valence electrons. The van der Waals surface area contributed by atoms with Crippen LogP contribution in [0.3, 0.4) is 0 Å². The van der Waals surface area contributed by atoms with E-state index < -0.39 is 0 Å². The fourth-order valence-corrected chi connectivity index (χ4v) is 2.00. The first-order chi connectivity index (χ1) is 6.36. The van der Waals surface area contributed by atoms with Gasteiger partial charge < -0.3 is 5.32 Å². The Kier molecular flexibility index (Phi) is 2.90. The van der Waals surface area contributed by atoms with Crippen LogP contribution in [0.5, 0.6) is 0 Å². The van der Waals surface area contributed by atoms with Gasteiger partial charge in [-0.15, -0.1) is 0 Å². The summed E-state index contributed by atoms with van der Waals surface area (Å²) in [6, 6.07) is 2.01. The second-order valence-corrected chi connectivity index (χ2v) is 4.12. The van der Waals surface area contributed by atoms with Crippen LogP contribution in [0.1, 0.15) is 24.5 Å². The lowest BCUT2D eigenvalue weighted by atomic mass is 9.96. The van der Waals surface area contributed by atoms with Crippen molar-refractivity contribution >= 4 is 15.9 Å². The summed E-state index contributed by atoms with van der Waals surface area (Å²) in [4.78, 5) is 8.30. The van der Waals surface area contributed by atoms with Crippen LogP contribution in [-0.4, -0.2) is 23.1 Å². The molecule has 2 rings (SSSR count). The van der Waals surface area contributed by atoms with Crippen LogP contribution in [0.25, 0.3) is 0 Å². The number of piperidine rings is 1. The molecule has 2 heterocycles. The fraction of sp³-hybridized carbons (Fsp3) is 0.556. The molecule has 1 fully saturated rings. The molecule has 1 aromatic heterocycles. The Bertz CT molecular complexity index is 284. The minimum atomic E-state index is 0.563. The van der Waals surface area contributed by atoms with Gasteiger partial charge in [0.2, 0.25) is 0 Å². The van der Waals surface area contributed by atoms with Crippen LogP contribution in [0.2, 0.25) is 0 Å². The van der Waals surface area contributed by atoms with Gasteiger partial charge >= 0.3 is 0 Å². The van der Waals surface area contributed by atoms with Gasteiger partial charge in [0, 0.05) is 18.2 Å². The number of hydrogen-bond donors (Lipinski definition) is 1. The summed E-state index contributed by atoms with van der Waals surface area (Å²) < 4.78 is 0.878. The molecule has 0 spiro atoms. The molecule has 0 aliphatic carbocycles. The lowest BCUT2D eigenvalue weighted by Crippen LogP contribution is -2.28. The molecule has 1 aliphatic heterocycles. The second-order valence-electron chi connectivity index (χ2n) is 3.31. The van der Waals surface area contributed by atoms with Gasteiger partial charge in [0.15, 0.2) is 0 Å². The second kappa shape index (κ2) is 4.15. The number of halogens is 1. The molecule has 1 N–H and O–H groups in total. The van der Waals surface area contributed by atoms with Crippen LogP contribution in [0.15, 0.2) is 17.0 Å². The van der Waals surface area contributed by atoms with Crippen molar-refractivity contribution in [2.45, 2.75) is 18.8 Å². The van der Waals surface area contributed by atoms with Crippen molar-refractivity contribution in [1.82, 2.24) is 15.3 Å². The zero-order valence-electron chi connectivity index (χ0n) is 7.33. The lowest BCUT2D eigenvalue weighted by molar-refractivity contribution is 0.454. The van der Waals surface area contributed by atoms with Gasteiger partial charge in [-0.1, -0.05) is 0 Å². The smallest absolute Gasteiger partial charge is 0.116 e. The molecule has 0 saturated carbocycles. The molecule has 4 heteroatoms. The highest BCUT2D eigenvalue weighted by Crippen LogP contribution is 2.22. The van der Waals surface area contributed by atoms with Crippen molar-refractivity contribution < 1.29 is 0 Å². The van der Waals surface area contributed by atoms with Gasteiger partial charge in [-0.2, -0.15) is 0 Å². The zero-order chi connectivity index (χ0) is 9.10. The number of nitrogens with one attached hydrogen (secondary N) is 1. The number of aromatic nitrogens is 2. The molecule has 1 unspecified atom stereocenters. The predicted molar refractivity (Wildman–Crippen MR) is 54.6 cm³/mol. The van der Waals surface area contributed by atoms with E-state index in [0.717, 1.165) is 23.4 Å². The Hall–Kier alpha value is -0.480. The Morgan fingerprint density at radius 3 is 3.08 bits per heavy atom. The highest BCUT2D eigenvalue weighted by atomic mass is 79.9. The summed E-state index contributed by atoms with van der Waals surface area (Å²) in [6.07, 6.45) is 4.09. The molecular weight excluding hydrogens is 230 g/mol. The molecule has 0 bridgehead atoms. The van der Waals surface area contributed by atoms with Gasteiger partial charge in [0.25, 0.3) is 0 Å². The van der Waals surface area contributed by atoms with Crippen LogP contribution in [0, 0.1) is 0 Å². The average molecular weight is 242 g/mol. The van der Waals surface area contributed by atoms with Crippen molar-refractivity contribution in [3.63, 3.8) is 0 Å². The maximum Gasteiger partial charge on any atom is 0.116 e. The largest absolute Gasteiger partial charge is 0.316 e. The third-order valence-electron chi connectivity index (χ3n) is 2.37. The zero-order valence-corrected chi connectivity index (χ0v) is 8.92. The molecule has 0 aromatic carbocycles. The molecule has 1 aliphatic rings. The van der Waals surface area contributed by atoms with Gasteiger partial charge in [0.1, 0.15) is 10.9 Å². The van der Waals surface area contributed by atoms with Gasteiger partial charge in [-0.3, -0.25) is 0 Å². The third kappa shape index (κ3) is 2.25. The average Bonchev–Trinajstić information content (AvgIpc) is 2.19. The van der Waals surface area contributed by atoms with E-state index in [4.69, 9.17) is 0 Å². The number of rotatable bonds is 1. The standard InChI is InChI=1S/C9H12BrN3/c10-9-4-8(12-6-13-9)7-2-1-3-11-5-7/h4,6-7,11H,1-3,5H2. The van der Waals surface area contributed by atoms with Gasteiger partial charge in [-0.25, -0.2) is 9.97 Å². The number of nitrogens with zero attached hydrogens (tertiary/aromatic N) is 2. The van der Waals surface area contributed by atoms with E-state index in [1.165, 1.54) is 12.8 Å². The summed E-state index contributed by atoms with van der Waals surface area (Å²) >= 11 is 3.36. The summed E-state index contributed by atoms with van der Waals surface area (Å²) in [7, 11) is 0. The Morgan fingerprint density at radius 1 is 1.46 bits per heavy atom. The monoisotopic (exact) mass is 241 g/mol. The SMILES string of the molecule is Brc1cc(C2CCCNC2)ncn1. The van der Waals surface area contributed by atoms with Crippen molar-refractivity contribution in [1.29, 1.82) is 0 Å². The van der Waals surface area contributed by atoms with Crippen LogP contribution >= 0.6 is 15.9 Å². The van der Waals surface area contributed by atoms with E-state index in [1.807, 2.05) is 6.07 Å². The van der Waals surface area contributed by atoms with E-state index in [1.54, 1.807) is 6.33 Å². The van der Waals surface area contributed by atoms with Crippen molar-refractivity contribution in [3.05, 3.63) is 22.7 Å². The molecule has 1 atom stereocenters. The topological polar surface area (TPSA) is 37.8 Å². The van der Waals surface area contributed by atoms with E-state index in [-0.39, 0.29) is 0 Å². The highest BCUT2D eigenvalue weighted by molar-refractivity contribution is 9.10. The molecule has 0 radical (unpaired) electrons. The normalized spacial score (nSPS) is 23.0. The van der Waals surface area contributed by atoms with Gasteiger partial charge in [0.05, 0.1) is 0 Å². The van der Waals surface area contributed by atoms with E-state index >= 15 is 0 Å². The first kappa shape index (κ1) is 9.09.